The topological polar surface area (TPSA) is 41.6 Å². The number of nitrogens with one attached hydrogen (secondary N) is 1. The number of amides is 1. The van der Waals surface area contributed by atoms with Crippen LogP contribution in [0.5, 0.6) is 5.75 Å². The summed E-state index contributed by atoms with van der Waals surface area (Å²) in [5.74, 6) is 1.67. The van der Waals surface area contributed by atoms with E-state index in [9.17, 15) is 4.79 Å². The highest BCUT2D eigenvalue weighted by molar-refractivity contribution is 5.94. The van der Waals surface area contributed by atoms with Gasteiger partial charge in [0.25, 0.3) is 5.91 Å². The van der Waals surface area contributed by atoms with Crippen molar-refractivity contribution < 1.29 is 9.53 Å². The van der Waals surface area contributed by atoms with Crippen molar-refractivity contribution in [3.05, 3.63) is 64.7 Å². The molecule has 0 saturated heterocycles. The Hall–Kier alpha value is -2.33. The molecule has 1 N–H and O–H groups in total. The number of fused-ring (bicyclic) bond motifs is 1. The lowest BCUT2D eigenvalue weighted by molar-refractivity contribution is 0.0737. The maximum Gasteiger partial charge on any atom is 0.253 e. The smallest absolute Gasteiger partial charge is 0.253 e. The molecule has 148 valence electrons. The van der Waals surface area contributed by atoms with Crippen LogP contribution in [-0.4, -0.2) is 37.0 Å². The number of carbonyl (C=O) groups excluding carboxylic acids is 1. The fraction of sp³-hybridized carbons (Fsp3) is 0.458. The third-order valence-electron chi connectivity index (χ3n) is 5.91. The number of hydrogen-bond acceptors (Lipinski definition) is 3. The summed E-state index contributed by atoms with van der Waals surface area (Å²) in [6.07, 6.45) is 4.42. The Labute approximate surface area is 167 Å². The summed E-state index contributed by atoms with van der Waals surface area (Å²) < 4.78 is 5.78. The zero-order valence-electron chi connectivity index (χ0n) is 16.9. The number of carbonyl (C=O) groups is 1. The van der Waals surface area contributed by atoms with Crippen LogP contribution in [0.3, 0.4) is 0 Å². The molecular formula is C24H30N2O2. The molecular weight excluding hydrogens is 348 g/mol. The highest BCUT2D eigenvalue weighted by Crippen LogP contribution is 2.30. The van der Waals surface area contributed by atoms with Gasteiger partial charge in [0.1, 0.15) is 5.75 Å². The Morgan fingerprint density at radius 2 is 1.86 bits per heavy atom. The van der Waals surface area contributed by atoms with Crippen LogP contribution in [0.1, 0.15) is 46.8 Å². The second-order valence-corrected chi connectivity index (χ2v) is 8.14. The summed E-state index contributed by atoms with van der Waals surface area (Å²) >= 11 is 0. The van der Waals surface area contributed by atoms with Crippen molar-refractivity contribution in [2.24, 2.45) is 5.92 Å². The molecule has 1 fully saturated rings. The Balaban J connectivity index is 1.36. The van der Waals surface area contributed by atoms with Gasteiger partial charge in [-0.2, -0.15) is 0 Å². The van der Waals surface area contributed by atoms with Gasteiger partial charge in [0.05, 0.1) is 6.61 Å². The summed E-state index contributed by atoms with van der Waals surface area (Å²) in [4.78, 5) is 14.9. The van der Waals surface area contributed by atoms with Gasteiger partial charge < -0.3 is 15.0 Å². The average Bonchev–Trinajstić information content (AvgIpc) is 3.46. The summed E-state index contributed by atoms with van der Waals surface area (Å²) in [6.45, 7) is 4.79. The van der Waals surface area contributed by atoms with Gasteiger partial charge in [0.15, 0.2) is 0 Å². The molecule has 28 heavy (non-hydrogen) atoms. The van der Waals surface area contributed by atoms with Gasteiger partial charge in [-0.25, -0.2) is 0 Å². The van der Waals surface area contributed by atoms with Crippen LogP contribution in [0.15, 0.2) is 42.5 Å². The van der Waals surface area contributed by atoms with Gasteiger partial charge in [-0.1, -0.05) is 25.1 Å². The molecule has 1 unspecified atom stereocenters. The lowest BCUT2D eigenvalue weighted by atomic mass is 10.1. The Morgan fingerprint density at radius 1 is 1.11 bits per heavy atom. The number of nitrogens with zero attached hydrogens (tertiary/aromatic N) is 1. The van der Waals surface area contributed by atoms with Gasteiger partial charge in [-0.05, 0) is 79.1 Å². The molecule has 2 aromatic carbocycles. The molecule has 4 heteroatoms. The van der Waals surface area contributed by atoms with Crippen molar-refractivity contribution in [2.45, 2.75) is 45.2 Å². The Kier molecular flexibility index (Phi) is 5.67. The Bertz CT molecular complexity index is 827. The summed E-state index contributed by atoms with van der Waals surface area (Å²) in [6, 6.07) is 14.6. The molecule has 4 nitrogen and oxygen atoms in total. The van der Waals surface area contributed by atoms with E-state index >= 15 is 0 Å². The van der Waals surface area contributed by atoms with E-state index < -0.39 is 0 Å². The average molecular weight is 379 g/mol. The molecule has 0 aliphatic heterocycles. The van der Waals surface area contributed by atoms with Crippen LogP contribution in [0.25, 0.3) is 0 Å². The maximum atomic E-state index is 13.0. The van der Waals surface area contributed by atoms with Gasteiger partial charge in [0, 0.05) is 25.2 Å². The predicted octanol–water partition coefficient (Wildman–Crippen LogP) is 3.82. The minimum absolute atomic E-state index is 0.0828. The zero-order chi connectivity index (χ0) is 19.5. The molecule has 1 atom stereocenters. The van der Waals surface area contributed by atoms with Gasteiger partial charge >= 0.3 is 0 Å². The standard InChI is InChI=1S/C24H30N2O2/c1-3-25-15-18-6-7-20-13-22(14-21(20)12-18)26(2)24(27)19-8-10-23(11-9-19)28-16-17-4-5-17/h6-12,17,22,25H,3-5,13-16H2,1-2H3. The van der Waals surface area contributed by atoms with Crippen LogP contribution in [0, 0.1) is 5.92 Å². The lowest BCUT2D eigenvalue weighted by Crippen LogP contribution is -2.37. The molecule has 0 aromatic heterocycles. The number of hydrogen-bond donors (Lipinski definition) is 1. The highest BCUT2D eigenvalue weighted by atomic mass is 16.5. The molecule has 0 radical (unpaired) electrons. The number of rotatable bonds is 8. The summed E-state index contributed by atoms with van der Waals surface area (Å²) in [5.41, 5.74) is 4.79. The third-order valence-corrected chi connectivity index (χ3v) is 5.91. The predicted molar refractivity (Wildman–Crippen MR) is 112 cm³/mol. The van der Waals surface area contributed by atoms with E-state index in [1.165, 1.54) is 29.5 Å². The van der Waals surface area contributed by atoms with Crippen LogP contribution in [0.2, 0.25) is 0 Å². The van der Waals surface area contributed by atoms with Crippen molar-refractivity contribution in [1.82, 2.24) is 10.2 Å². The second-order valence-electron chi connectivity index (χ2n) is 8.14. The van der Waals surface area contributed by atoms with Gasteiger partial charge in [0.2, 0.25) is 0 Å². The quantitative estimate of drug-likeness (QED) is 0.759. The number of ether oxygens (including phenoxy) is 1. The first kappa shape index (κ1) is 19.0. The van der Waals surface area contributed by atoms with E-state index in [0.29, 0.717) is 0 Å². The zero-order valence-corrected chi connectivity index (χ0v) is 16.9. The van der Waals surface area contributed by atoms with Crippen molar-refractivity contribution in [2.75, 3.05) is 20.2 Å². The normalized spacial score (nSPS) is 18.0. The SMILES string of the molecule is CCNCc1ccc2c(c1)CC(N(C)C(=O)c1ccc(OCC3CC3)cc1)C2. The molecule has 0 bridgehead atoms. The van der Waals surface area contributed by atoms with Crippen LogP contribution in [-0.2, 0) is 19.4 Å². The molecule has 1 amide bonds. The molecule has 1 saturated carbocycles. The first-order valence-electron chi connectivity index (χ1n) is 10.5. The van der Waals surface area contributed by atoms with Crippen LogP contribution >= 0.6 is 0 Å². The van der Waals surface area contributed by atoms with E-state index in [1.54, 1.807) is 0 Å². The minimum Gasteiger partial charge on any atom is -0.493 e. The highest BCUT2D eigenvalue weighted by Gasteiger charge is 2.28. The van der Waals surface area contributed by atoms with Crippen molar-refractivity contribution in [1.29, 1.82) is 0 Å². The monoisotopic (exact) mass is 378 g/mol. The fourth-order valence-corrected chi connectivity index (χ4v) is 3.86. The van der Waals surface area contributed by atoms with E-state index in [-0.39, 0.29) is 11.9 Å². The van der Waals surface area contributed by atoms with Crippen LogP contribution < -0.4 is 10.1 Å². The molecule has 2 aliphatic rings. The number of benzene rings is 2. The van der Waals surface area contributed by atoms with Crippen molar-refractivity contribution >= 4 is 5.91 Å². The van der Waals surface area contributed by atoms with E-state index in [0.717, 1.165) is 49.8 Å². The van der Waals surface area contributed by atoms with Crippen LogP contribution in [0.4, 0.5) is 0 Å². The molecule has 0 spiro atoms. The van der Waals surface area contributed by atoms with Crippen molar-refractivity contribution in [3.63, 3.8) is 0 Å². The lowest BCUT2D eigenvalue weighted by Gasteiger charge is -2.24. The minimum atomic E-state index is 0.0828. The summed E-state index contributed by atoms with van der Waals surface area (Å²) in [5, 5.41) is 3.38. The first-order chi connectivity index (χ1) is 13.6. The molecule has 2 aliphatic carbocycles. The first-order valence-corrected chi connectivity index (χ1v) is 10.5. The molecule has 2 aromatic rings. The van der Waals surface area contributed by atoms with Gasteiger partial charge in [-0.15, -0.1) is 0 Å². The van der Waals surface area contributed by atoms with E-state index in [4.69, 9.17) is 4.74 Å². The maximum absolute atomic E-state index is 13.0. The number of likely N-dealkylation sites (N-methyl/N-ethyl adjacent to an activating group) is 1. The largest absolute Gasteiger partial charge is 0.493 e. The molecule has 0 heterocycles. The van der Waals surface area contributed by atoms with Crippen molar-refractivity contribution in [3.8, 4) is 5.75 Å². The third kappa shape index (κ3) is 4.39. The van der Waals surface area contributed by atoms with Gasteiger partial charge in [-0.3, -0.25) is 4.79 Å². The Morgan fingerprint density at radius 3 is 2.57 bits per heavy atom. The van der Waals surface area contributed by atoms with E-state index in [2.05, 4.69) is 30.4 Å². The summed E-state index contributed by atoms with van der Waals surface area (Å²) in [7, 11) is 1.93. The van der Waals surface area contributed by atoms with E-state index in [1.807, 2.05) is 36.2 Å². The second kappa shape index (κ2) is 8.36. The fourth-order valence-electron chi connectivity index (χ4n) is 3.86. The molecule has 4 rings (SSSR count).